The lowest BCUT2D eigenvalue weighted by Gasteiger charge is -2.17. The fourth-order valence-corrected chi connectivity index (χ4v) is 6.76. The lowest BCUT2D eigenvalue weighted by molar-refractivity contribution is 0.0572. The molecule has 0 bridgehead atoms. The van der Waals surface area contributed by atoms with Crippen molar-refractivity contribution in [3.63, 3.8) is 0 Å². The number of hydrogen-bond acceptors (Lipinski definition) is 12. The van der Waals surface area contributed by atoms with Crippen molar-refractivity contribution in [1.82, 2.24) is 19.8 Å². The summed E-state index contributed by atoms with van der Waals surface area (Å²) in [5.74, 6) is 1.52. The van der Waals surface area contributed by atoms with E-state index in [4.69, 9.17) is 42.1 Å². The molecule has 4 heterocycles. The first-order valence-electron chi connectivity index (χ1n) is 16.2. The highest BCUT2D eigenvalue weighted by atomic mass is 35.5. The molecule has 4 atom stereocenters. The van der Waals surface area contributed by atoms with E-state index in [2.05, 4.69) is 9.97 Å². The number of halogens is 2. The number of aliphatic hydroxyl groups excluding tert-OH is 4. The smallest absolute Gasteiger partial charge is 0.220 e. The Morgan fingerprint density at radius 3 is 1.32 bits per heavy atom. The molecule has 4 N–H and O–H groups in total. The second-order valence-corrected chi connectivity index (χ2v) is 13.2. The summed E-state index contributed by atoms with van der Waals surface area (Å²) in [6, 6.07) is 18.5. The van der Waals surface area contributed by atoms with Crippen molar-refractivity contribution < 1.29 is 39.4 Å². The SMILES string of the molecule is COc1nc(OCc2cccc(-c3cccc(COc4ccc(CN5C[C@H](O)[C@@H](O)C5)c(OC)n4)c3Cl)c2Cl)ccc1CN1C[C@H](O)[C@@H](O)C1. The summed E-state index contributed by atoms with van der Waals surface area (Å²) < 4.78 is 23.0. The normalized spacial score (nSPS) is 21.0. The van der Waals surface area contributed by atoms with Gasteiger partial charge in [-0.2, -0.15) is 9.97 Å². The molecule has 266 valence electrons. The molecule has 2 aliphatic heterocycles. The largest absolute Gasteiger partial charge is 0.481 e. The molecule has 0 amide bonds. The molecular formula is C36H40Cl2N4O8. The summed E-state index contributed by atoms with van der Waals surface area (Å²) in [4.78, 5) is 12.9. The predicted molar refractivity (Wildman–Crippen MR) is 187 cm³/mol. The summed E-state index contributed by atoms with van der Waals surface area (Å²) in [6.07, 6.45) is -3.08. The minimum atomic E-state index is -0.770. The Kier molecular flexibility index (Phi) is 11.6. The van der Waals surface area contributed by atoms with Crippen molar-refractivity contribution in [3.05, 3.63) is 93.0 Å². The van der Waals surface area contributed by atoms with Gasteiger partial charge in [-0.3, -0.25) is 9.80 Å². The van der Waals surface area contributed by atoms with Gasteiger partial charge >= 0.3 is 0 Å². The molecule has 14 heteroatoms. The highest BCUT2D eigenvalue weighted by Crippen LogP contribution is 2.38. The zero-order valence-electron chi connectivity index (χ0n) is 27.7. The van der Waals surface area contributed by atoms with Crippen LogP contribution in [0.4, 0.5) is 0 Å². The first-order chi connectivity index (χ1) is 24.1. The molecule has 50 heavy (non-hydrogen) atoms. The topological polar surface area (TPSA) is 150 Å². The Balaban J connectivity index is 1.11. The van der Waals surface area contributed by atoms with Crippen LogP contribution in [0.15, 0.2) is 60.7 Å². The van der Waals surface area contributed by atoms with Crippen molar-refractivity contribution in [2.24, 2.45) is 0 Å². The van der Waals surface area contributed by atoms with E-state index < -0.39 is 24.4 Å². The minimum absolute atomic E-state index is 0.148. The van der Waals surface area contributed by atoms with Gasteiger partial charge in [-0.1, -0.05) is 59.6 Å². The summed E-state index contributed by atoms with van der Waals surface area (Å²) in [6.45, 7) is 2.73. The van der Waals surface area contributed by atoms with Crippen molar-refractivity contribution >= 4 is 23.2 Å². The monoisotopic (exact) mass is 726 g/mol. The summed E-state index contributed by atoms with van der Waals surface area (Å²) >= 11 is 13.8. The van der Waals surface area contributed by atoms with E-state index in [0.29, 0.717) is 72.8 Å². The van der Waals surface area contributed by atoms with E-state index >= 15 is 0 Å². The Morgan fingerprint density at radius 1 is 0.580 bits per heavy atom. The first kappa shape index (κ1) is 36.1. The molecule has 2 saturated heterocycles. The zero-order valence-corrected chi connectivity index (χ0v) is 29.2. The van der Waals surface area contributed by atoms with Gasteiger partial charge < -0.3 is 39.4 Å². The molecule has 0 aliphatic carbocycles. The van der Waals surface area contributed by atoms with E-state index in [0.717, 1.165) is 33.4 Å². The van der Waals surface area contributed by atoms with E-state index in [9.17, 15) is 20.4 Å². The number of aromatic nitrogens is 2. The Bertz CT molecular complexity index is 1650. The third kappa shape index (κ3) is 8.25. The van der Waals surface area contributed by atoms with Crippen molar-refractivity contribution in [1.29, 1.82) is 0 Å². The average molecular weight is 728 g/mol. The third-order valence-electron chi connectivity index (χ3n) is 8.87. The van der Waals surface area contributed by atoms with Crippen LogP contribution in [0.25, 0.3) is 11.1 Å². The Hall–Kier alpha value is -3.72. The summed E-state index contributed by atoms with van der Waals surface area (Å²) in [5.41, 5.74) is 4.56. The molecule has 2 aromatic carbocycles. The maximum Gasteiger partial charge on any atom is 0.220 e. The van der Waals surface area contributed by atoms with Gasteiger partial charge in [-0.05, 0) is 12.1 Å². The van der Waals surface area contributed by atoms with E-state index in [1.54, 1.807) is 12.1 Å². The molecule has 0 radical (unpaired) electrons. The van der Waals surface area contributed by atoms with Crippen LogP contribution >= 0.6 is 23.2 Å². The molecule has 2 aliphatic rings. The van der Waals surface area contributed by atoms with Crippen LogP contribution in [0.5, 0.6) is 23.5 Å². The van der Waals surface area contributed by atoms with E-state index in [1.807, 2.05) is 58.3 Å². The molecule has 0 unspecified atom stereocenters. The zero-order chi connectivity index (χ0) is 35.4. The molecule has 0 saturated carbocycles. The lowest BCUT2D eigenvalue weighted by Crippen LogP contribution is -2.22. The number of methoxy groups -OCH3 is 2. The number of hydrogen-bond donors (Lipinski definition) is 4. The van der Waals surface area contributed by atoms with Gasteiger partial charge in [0.1, 0.15) is 13.2 Å². The van der Waals surface area contributed by atoms with Gasteiger partial charge in [0, 0.05) is 84.8 Å². The Morgan fingerprint density at radius 2 is 0.960 bits per heavy atom. The van der Waals surface area contributed by atoms with Crippen LogP contribution in [-0.2, 0) is 26.3 Å². The van der Waals surface area contributed by atoms with Crippen LogP contribution in [0.3, 0.4) is 0 Å². The van der Waals surface area contributed by atoms with Crippen molar-refractivity contribution in [2.45, 2.75) is 50.7 Å². The number of benzene rings is 2. The second-order valence-electron chi connectivity index (χ2n) is 12.4. The van der Waals surface area contributed by atoms with Crippen LogP contribution in [0.2, 0.25) is 10.0 Å². The number of ether oxygens (including phenoxy) is 4. The first-order valence-corrected chi connectivity index (χ1v) is 16.9. The minimum Gasteiger partial charge on any atom is -0.481 e. The van der Waals surface area contributed by atoms with Crippen LogP contribution in [-0.4, -0.2) is 105 Å². The van der Waals surface area contributed by atoms with Crippen LogP contribution in [0.1, 0.15) is 22.3 Å². The fraction of sp³-hybridized carbons (Fsp3) is 0.389. The van der Waals surface area contributed by atoms with Gasteiger partial charge in [0.05, 0.1) is 48.7 Å². The van der Waals surface area contributed by atoms with Gasteiger partial charge in [0.25, 0.3) is 0 Å². The van der Waals surface area contributed by atoms with Gasteiger partial charge in [-0.25, -0.2) is 0 Å². The van der Waals surface area contributed by atoms with Crippen molar-refractivity contribution in [3.8, 4) is 34.6 Å². The molecule has 2 fully saturated rings. The third-order valence-corrected chi connectivity index (χ3v) is 9.76. The maximum atomic E-state index is 9.87. The van der Waals surface area contributed by atoms with Crippen LogP contribution in [0, 0.1) is 0 Å². The Labute approximate surface area is 300 Å². The van der Waals surface area contributed by atoms with Gasteiger partial charge in [0.15, 0.2) is 0 Å². The average Bonchev–Trinajstić information content (AvgIpc) is 3.61. The molecule has 4 aromatic rings. The predicted octanol–water partition coefficient (Wildman–Crippen LogP) is 3.70. The number of β-amino-alcohol motifs (C(OH)–C–C–N with tert-alkyl or cyclic N) is 4. The van der Waals surface area contributed by atoms with Crippen molar-refractivity contribution in [2.75, 3.05) is 40.4 Å². The number of aliphatic hydroxyl groups is 4. The number of pyridine rings is 2. The molecule has 2 aromatic heterocycles. The fourth-order valence-electron chi connectivity index (χ4n) is 6.20. The number of nitrogens with zero attached hydrogens (tertiary/aromatic N) is 4. The molecule has 6 rings (SSSR count). The summed E-state index contributed by atoms with van der Waals surface area (Å²) in [5, 5.41) is 40.5. The summed E-state index contributed by atoms with van der Waals surface area (Å²) in [7, 11) is 3.07. The highest BCUT2D eigenvalue weighted by molar-refractivity contribution is 6.37. The van der Waals surface area contributed by atoms with Crippen LogP contribution < -0.4 is 18.9 Å². The highest BCUT2D eigenvalue weighted by Gasteiger charge is 2.31. The maximum absolute atomic E-state index is 9.87. The molecule has 0 spiro atoms. The molecular weight excluding hydrogens is 687 g/mol. The number of rotatable bonds is 13. The van der Waals surface area contributed by atoms with E-state index in [1.165, 1.54) is 14.2 Å². The second kappa shape index (κ2) is 16.1. The molecule has 12 nitrogen and oxygen atoms in total. The number of likely N-dealkylation sites (tertiary alicyclic amines) is 2. The lowest BCUT2D eigenvalue weighted by atomic mass is 10.0. The van der Waals surface area contributed by atoms with Gasteiger partial charge in [0.2, 0.25) is 23.5 Å². The van der Waals surface area contributed by atoms with E-state index in [-0.39, 0.29) is 13.2 Å². The quantitative estimate of drug-likeness (QED) is 0.159. The standard InChI is InChI=1S/C36H40Cl2N4O8/c1-47-35-21(13-41-15-27(43)28(44)16-41)9-11-31(39-35)49-19-23-5-3-7-25(33(23)37)26-8-4-6-24(34(26)38)20-50-32-12-10-22(36(40-32)48-2)14-42-17-29(45)30(46)18-42/h3-12,27-30,43-46H,13-20H2,1-2H3/t27-,28-,29-,30-/m0/s1. The van der Waals surface area contributed by atoms with Gasteiger partial charge in [-0.15, -0.1) is 0 Å².